The second-order valence-corrected chi connectivity index (χ2v) is 9.18. The quantitative estimate of drug-likeness (QED) is 0.521. The molecule has 3 aromatic heterocycles. The predicted molar refractivity (Wildman–Crippen MR) is 124 cm³/mol. The number of nitrogens with zero attached hydrogens (tertiary/aromatic N) is 5. The lowest BCUT2D eigenvalue weighted by Gasteiger charge is -2.21. The van der Waals surface area contributed by atoms with E-state index in [1.807, 2.05) is 19.4 Å². The number of pyridine rings is 1. The molecule has 160 valence electrons. The highest BCUT2D eigenvalue weighted by atomic mass is 16.1. The Hall–Kier alpha value is -3.48. The van der Waals surface area contributed by atoms with Crippen LogP contribution >= 0.6 is 0 Å². The monoisotopic (exact) mass is 416 g/mol. The minimum atomic E-state index is -0.0499. The fourth-order valence-electron chi connectivity index (χ4n) is 3.58. The van der Waals surface area contributed by atoms with Gasteiger partial charge in [0.1, 0.15) is 5.65 Å². The van der Waals surface area contributed by atoms with Crippen LogP contribution < -0.4 is 10.9 Å². The Morgan fingerprint density at radius 2 is 1.77 bits per heavy atom. The van der Waals surface area contributed by atoms with Crippen molar-refractivity contribution < 1.29 is 0 Å². The van der Waals surface area contributed by atoms with Gasteiger partial charge in [-0.25, -0.2) is 4.98 Å². The topological polar surface area (TPSA) is 77.6 Å². The predicted octanol–water partition coefficient (Wildman–Crippen LogP) is 4.41. The first kappa shape index (κ1) is 20.8. The van der Waals surface area contributed by atoms with E-state index in [1.54, 1.807) is 27.6 Å². The van der Waals surface area contributed by atoms with E-state index in [9.17, 15) is 4.79 Å². The van der Waals surface area contributed by atoms with E-state index in [0.29, 0.717) is 18.1 Å². The Morgan fingerprint density at radius 1 is 1.03 bits per heavy atom. The molecular weight excluding hydrogens is 388 g/mol. The molecular formula is C24H28N6O. The number of hydrogen-bond donors (Lipinski definition) is 1. The molecule has 0 aliphatic carbocycles. The molecule has 31 heavy (non-hydrogen) atoms. The van der Waals surface area contributed by atoms with Crippen molar-refractivity contribution in [3.63, 3.8) is 0 Å². The van der Waals surface area contributed by atoms with Crippen LogP contribution in [-0.4, -0.2) is 24.3 Å². The van der Waals surface area contributed by atoms with Gasteiger partial charge in [-0.2, -0.15) is 10.1 Å². The minimum Gasteiger partial charge on any atom is -0.348 e. The summed E-state index contributed by atoms with van der Waals surface area (Å²) in [6.45, 7) is 8.98. The molecule has 1 aromatic carbocycles. The Kier molecular flexibility index (Phi) is 5.35. The number of rotatable bonds is 5. The Balaban J connectivity index is 1.59. The SMILES string of the molecule is C[C@H](Nc1ncc2ccc(=O)n(CC(C)(C)C)c2n1)c1ccc(-c2cnn(C)c2)cc1. The van der Waals surface area contributed by atoms with Crippen LogP contribution in [0, 0.1) is 5.41 Å². The Labute approximate surface area is 181 Å². The molecule has 4 rings (SSSR count). The highest BCUT2D eigenvalue weighted by molar-refractivity contribution is 5.75. The van der Waals surface area contributed by atoms with Crippen LogP contribution in [0.3, 0.4) is 0 Å². The highest BCUT2D eigenvalue weighted by Gasteiger charge is 2.16. The fourth-order valence-corrected chi connectivity index (χ4v) is 3.58. The fraction of sp³-hybridized carbons (Fsp3) is 0.333. The summed E-state index contributed by atoms with van der Waals surface area (Å²) < 4.78 is 3.53. The van der Waals surface area contributed by atoms with Crippen molar-refractivity contribution in [3.05, 3.63) is 70.9 Å². The maximum atomic E-state index is 12.5. The van der Waals surface area contributed by atoms with Crippen LogP contribution in [0.4, 0.5) is 5.95 Å². The van der Waals surface area contributed by atoms with Crippen LogP contribution in [0.25, 0.3) is 22.2 Å². The van der Waals surface area contributed by atoms with Gasteiger partial charge in [0.15, 0.2) is 0 Å². The zero-order valence-corrected chi connectivity index (χ0v) is 18.6. The van der Waals surface area contributed by atoms with Crippen molar-refractivity contribution in [3.8, 4) is 11.1 Å². The van der Waals surface area contributed by atoms with Gasteiger partial charge in [0.25, 0.3) is 5.56 Å². The molecule has 0 saturated heterocycles. The van der Waals surface area contributed by atoms with Crippen LogP contribution in [0.15, 0.2) is 59.8 Å². The van der Waals surface area contributed by atoms with E-state index in [-0.39, 0.29) is 17.0 Å². The first-order valence-electron chi connectivity index (χ1n) is 10.4. The van der Waals surface area contributed by atoms with Gasteiger partial charge in [-0.3, -0.25) is 14.0 Å². The van der Waals surface area contributed by atoms with Crippen molar-refractivity contribution in [2.45, 2.75) is 40.3 Å². The van der Waals surface area contributed by atoms with E-state index >= 15 is 0 Å². The summed E-state index contributed by atoms with van der Waals surface area (Å²) in [5.41, 5.74) is 3.89. The molecule has 1 atom stereocenters. The van der Waals surface area contributed by atoms with Gasteiger partial charge in [-0.15, -0.1) is 0 Å². The lowest BCUT2D eigenvalue weighted by Crippen LogP contribution is -2.27. The van der Waals surface area contributed by atoms with Gasteiger partial charge < -0.3 is 5.32 Å². The van der Waals surface area contributed by atoms with Crippen LogP contribution in [0.5, 0.6) is 0 Å². The summed E-state index contributed by atoms with van der Waals surface area (Å²) in [6.07, 6.45) is 5.62. The maximum absolute atomic E-state index is 12.5. The van der Waals surface area contributed by atoms with Gasteiger partial charge in [0.2, 0.25) is 5.95 Å². The van der Waals surface area contributed by atoms with Gasteiger partial charge in [-0.05, 0) is 29.5 Å². The maximum Gasteiger partial charge on any atom is 0.252 e. The first-order chi connectivity index (χ1) is 14.7. The standard InChI is InChI=1S/C24H28N6O/c1-16(17-6-8-18(9-7-17)20-13-26-29(5)14-20)27-23-25-12-19-10-11-21(31)30(22(19)28-23)15-24(2,3)4/h6-14,16H,15H2,1-5H3,(H,25,27,28)/t16-/m0/s1. The van der Waals surface area contributed by atoms with Crippen molar-refractivity contribution in [2.24, 2.45) is 12.5 Å². The number of anilines is 1. The second-order valence-electron chi connectivity index (χ2n) is 9.18. The van der Waals surface area contributed by atoms with Crippen LogP contribution in [-0.2, 0) is 13.6 Å². The van der Waals surface area contributed by atoms with Crippen molar-refractivity contribution in [1.29, 1.82) is 0 Å². The van der Waals surface area contributed by atoms with Crippen LogP contribution in [0.1, 0.15) is 39.3 Å². The van der Waals surface area contributed by atoms with E-state index in [2.05, 4.69) is 72.3 Å². The summed E-state index contributed by atoms with van der Waals surface area (Å²) in [6, 6.07) is 11.7. The summed E-state index contributed by atoms with van der Waals surface area (Å²) in [5, 5.41) is 8.45. The molecule has 0 aliphatic rings. The molecule has 1 N–H and O–H groups in total. The smallest absolute Gasteiger partial charge is 0.252 e. The third-order valence-electron chi connectivity index (χ3n) is 5.15. The summed E-state index contributed by atoms with van der Waals surface area (Å²) >= 11 is 0. The lowest BCUT2D eigenvalue weighted by atomic mass is 9.97. The molecule has 0 unspecified atom stereocenters. The largest absolute Gasteiger partial charge is 0.348 e. The molecule has 0 amide bonds. The number of hydrogen-bond acceptors (Lipinski definition) is 5. The van der Waals surface area contributed by atoms with Crippen LogP contribution in [0.2, 0.25) is 0 Å². The number of fused-ring (bicyclic) bond motifs is 1. The second kappa shape index (κ2) is 7.98. The molecule has 3 heterocycles. The number of aromatic nitrogens is 5. The highest BCUT2D eigenvalue weighted by Crippen LogP contribution is 2.24. The zero-order chi connectivity index (χ0) is 22.2. The molecule has 4 aromatic rings. The van der Waals surface area contributed by atoms with Crippen molar-refractivity contribution in [1.82, 2.24) is 24.3 Å². The third-order valence-corrected chi connectivity index (χ3v) is 5.15. The summed E-state index contributed by atoms with van der Waals surface area (Å²) in [4.78, 5) is 21.6. The Morgan fingerprint density at radius 3 is 2.42 bits per heavy atom. The minimum absolute atomic E-state index is 0.00639. The average Bonchev–Trinajstić information content (AvgIpc) is 3.16. The lowest BCUT2D eigenvalue weighted by molar-refractivity contribution is 0.343. The van der Waals surface area contributed by atoms with Gasteiger partial charge >= 0.3 is 0 Å². The molecule has 0 bridgehead atoms. The summed E-state index contributed by atoms with van der Waals surface area (Å²) in [5.74, 6) is 0.504. The van der Waals surface area contributed by atoms with E-state index in [0.717, 1.165) is 22.1 Å². The molecule has 0 radical (unpaired) electrons. The van der Waals surface area contributed by atoms with Gasteiger partial charge in [0, 0.05) is 43.0 Å². The normalized spacial score (nSPS) is 12.8. The van der Waals surface area contributed by atoms with E-state index in [1.165, 1.54) is 0 Å². The van der Waals surface area contributed by atoms with Gasteiger partial charge in [-0.1, -0.05) is 45.0 Å². The van der Waals surface area contributed by atoms with Gasteiger partial charge in [0.05, 0.1) is 12.2 Å². The molecule has 0 spiro atoms. The first-order valence-corrected chi connectivity index (χ1v) is 10.4. The van der Waals surface area contributed by atoms with Crippen molar-refractivity contribution >= 4 is 17.0 Å². The zero-order valence-electron chi connectivity index (χ0n) is 18.6. The van der Waals surface area contributed by atoms with Crippen molar-refractivity contribution in [2.75, 3.05) is 5.32 Å². The number of nitrogens with one attached hydrogen (secondary N) is 1. The molecule has 0 saturated carbocycles. The third kappa shape index (κ3) is 4.66. The molecule has 7 heteroatoms. The van der Waals surface area contributed by atoms with E-state index in [4.69, 9.17) is 0 Å². The Bertz CT molecular complexity index is 1260. The number of aryl methyl sites for hydroxylation is 1. The average molecular weight is 417 g/mol. The molecule has 0 aliphatic heterocycles. The summed E-state index contributed by atoms with van der Waals surface area (Å²) in [7, 11) is 1.91. The molecule has 7 nitrogen and oxygen atoms in total. The molecule has 0 fully saturated rings. The number of benzene rings is 1. The van der Waals surface area contributed by atoms with E-state index < -0.39 is 0 Å².